The van der Waals surface area contributed by atoms with E-state index < -0.39 is 5.41 Å². The van der Waals surface area contributed by atoms with Crippen LogP contribution in [-0.4, -0.2) is 31.3 Å². The minimum absolute atomic E-state index is 0.239. The molecule has 1 saturated heterocycles. The van der Waals surface area contributed by atoms with Gasteiger partial charge in [-0.1, -0.05) is 12.1 Å². The maximum Gasteiger partial charge on any atom is 0.321 e. The van der Waals surface area contributed by atoms with Crippen molar-refractivity contribution in [1.29, 1.82) is 0 Å². The van der Waals surface area contributed by atoms with Gasteiger partial charge in [0, 0.05) is 11.6 Å². The van der Waals surface area contributed by atoms with Gasteiger partial charge in [-0.3, -0.25) is 9.78 Å². The molecule has 0 spiro atoms. The van der Waals surface area contributed by atoms with E-state index in [1.54, 1.807) is 6.20 Å². The molecule has 0 bridgehead atoms. The Kier molecular flexibility index (Phi) is 2.52. The zero-order valence-electron chi connectivity index (χ0n) is 10.1. The van der Waals surface area contributed by atoms with E-state index in [1.807, 2.05) is 30.3 Å². The van der Waals surface area contributed by atoms with E-state index in [0.29, 0.717) is 13.2 Å². The number of hydrogen-bond donors (Lipinski definition) is 0. The van der Waals surface area contributed by atoms with Gasteiger partial charge >= 0.3 is 5.97 Å². The molecule has 1 aromatic heterocycles. The van der Waals surface area contributed by atoms with Gasteiger partial charge in [0.15, 0.2) is 0 Å². The lowest BCUT2D eigenvalue weighted by atomic mass is 9.78. The summed E-state index contributed by atoms with van der Waals surface area (Å²) in [5, 5.41) is 1.02. The molecule has 4 heteroatoms. The van der Waals surface area contributed by atoms with Crippen molar-refractivity contribution in [3.8, 4) is 0 Å². The van der Waals surface area contributed by atoms with Crippen LogP contribution in [-0.2, 0) is 19.7 Å². The molecule has 0 unspecified atom stereocenters. The zero-order chi connectivity index (χ0) is 12.6. The van der Waals surface area contributed by atoms with Gasteiger partial charge in [0.2, 0.25) is 0 Å². The predicted molar refractivity (Wildman–Crippen MR) is 66.3 cm³/mol. The van der Waals surface area contributed by atoms with Gasteiger partial charge in [-0.25, -0.2) is 0 Å². The number of rotatable bonds is 2. The number of ether oxygens (including phenoxy) is 2. The third kappa shape index (κ3) is 1.49. The van der Waals surface area contributed by atoms with Crippen molar-refractivity contribution in [2.45, 2.75) is 5.41 Å². The van der Waals surface area contributed by atoms with E-state index in [2.05, 4.69) is 4.98 Å². The number of methoxy groups -OCH3 is 1. The Morgan fingerprint density at radius 3 is 2.89 bits per heavy atom. The van der Waals surface area contributed by atoms with Crippen LogP contribution in [0.1, 0.15) is 5.56 Å². The molecule has 0 N–H and O–H groups in total. The molecule has 1 aliphatic heterocycles. The van der Waals surface area contributed by atoms with Crippen molar-refractivity contribution in [2.24, 2.45) is 0 Å². The molecule has 0 amide bonds. The summed E-state index contributed by atoms with van der Waals surface area (Å²) in [6.45, 7) is 0.761. The zero-order valence-corrected chi connectivity index (χ0v) is 10.1. The molecule has 3 rings (SSSR count). The molecule has 1 fully saturated rings. The van der Waals surface area contributed by atoms with Gasteiger partial charge in [0.25, 0.3) is 0 Å². The molecular formula is C14H13NO3. The third-order valence-electron chi connectivity index (χ3n) is 3.43. The van der Waals surface area contributed by atoms with Crippen LogP contribution in [0.25, 0.3) is 10.9 Å². The van der Waals surface area contributed by atoms with E-state index in [0.717, 1.165) is 16.5 Å². The molecule has 0 saturated carbocycles. The minimum atomic E-state index is -0.640. The highest BCUT2D eigenvalue weighted by atomic mass is 16.5. The summed E-state index contributed by atoms with van der Waals surface area (Å²) in [7, 11) is 1.41. The number of hydrogen-bond acceptors (Lipinski definition) is 4. The van der Waals surface area contributed by atoms with Crippen LogP contribution in [0.4, 0.5) is 0 Å². The topological polar surface area (TPSA) is 48.4 Å². The lowest BCUT2D eigenvalue weighted by Crippen LogP contribution is -2.53. The lowest BCUT2D eigenvalue weighted by Gasteiger charge is -2.38. The minimum Gasteiger partial charge on any atom is -0.468 e. The molecule has 18 heavy (non-hydrogen) atoms. The highest BCUT2D eigenvalue weighted by Gasteiger charge is 2.48. The van der Waals surface area contributed by atoms with Crippen LogP contribution in [0, 0.1) is 0 Å². The maximum atomic E-state index is 11.9. The highest BCUT2D eigenvalue weighted by Crippen LogP contribution is 2.34. The van der Waals surface area contributed by atoms with Crippen LogP contribution in [0.15, 0.2) is 36.5 Å². The first-order valence-electron chi connectivity index (χ1n) is 5.78. The molecule has 1 aliphatic rings. The van der Waals surface area contributed by atoms with Crippen LogP contribution in [0.3, 0.4) is 0 Å². The van der Waals surface area contributed by atoms with Gasteiger partial charge < -0.3 is 9.47 Å². The molecule has 0 atom stereocenters. The second-order valence-corrected chi connectivity index (χ2v) is 4.48. The quantitative estimate of drug-likeness (QED) is 0.753. The Morgan fingerprint density at radius 2 is 2.22 bits per heavy atom. The SMILES string of the molecule is COC(=O)C1(c2ccc3ncccc3c2)COC1. The van der Waals surface area contributed by atoms with Gasteiger partial charge in [-0.2, -0.15) is 0 Å². The molecule has 92 valence electrons. The number of benzene rings is 1. The Balaban J connectivity index is 2.10. The van der Waals surface area contributed by atoms with Crippen LogP contribution in [0.2, 0.25) is 0 Å². The molecule has 0 radical (unpaired) electrons. The first-order valence-corrected chi connectivity index (χ1v) is 5.78. The van der Waals surface area contributed by atoms with Gasteiger partial charge in [0.05, 0.1) is 25.8 Å². The average Bonchev–Trinajstić information content (AvgIpc) is 2.37. The van der Waals surface area contributed by atoms with E-state index in [1.165, 1.54) is 7.11 Å². The molecule has 4 nitrogen and oxygen atoms in total. The molecule has 2 aromatic rings. The van der Waals surface area contributed by atoms with Gasteiger partial charge in [-0.05, 0) is 23.8 Å². The first kappa shape index (κ1) is 11.2. The third-order valence-corrected chi connectivity index (χ3v) is 3.43. The van der Waals surface area contributed by atoms with Crippen LogP contribution < -0.4 is 0 Å². The summed E-state index contributed by atoms with van der Waals surface area (Å²) in [6, 6.07) is 9.70. The number of pyridine rings is 1. The Hall–Kier alpha value is -1.94. The lowest BCUT2D eigenvalue weighted by molar-refractivity contribution is -0.166. The fraction of sp³-hybridized carbons (Fsp3) is 0.286. The molecule has 1 aromatic carbocycles. The maximum absolute atomic E-state index is 11.9. The van der Waals surface area contributed by atoms with Crippen molar-refractivity contribution in [3.63, 3.8) is 0 Å². The Labute approximate surface area is 105 Å². The van der Waals surface area contributed by atoms with E-state index in [-0.39, 0.29) is 5.97 Å². The van der Waals surface area contributed by atoms with E-state index >= 15 is 0 Å². The standard InChI is InChI=1S/C14H13NO3/c1-17-13(16)14(8-18-9-14)11-4-5-12-10(7-11)3-2-6-15-12/h2-7H,8-9H2,1H3. The normalized spacial score (nSPS) is 17.2. The van der Waals surface area contributed by atoms with Crippen LogP contribution >= 0.6 is 0 Å². The van der Waals surface area contributed by atoms with Crippen molar-refractivity contribution >= 4 is 16.9 Å². The fourth-order valence-corrected chi connectivity index (χ4v) is 2.28. The number of carbonyl (C=O) groups excluding carboxylic acids is 1. The summed E-state index contributed by atoms with van der Waals surface area (Å²) < 4.78 is 10.1. The monoisotopic (exact) mass is 243 g/mol. The number of esters is 1. The number of nitrogens with zero attached hydrogens (tertiary/aromatic N) is 1. The van der Waals surface area contributed by atoms with Crippen molar-refractivity contribution in [3.05, 3.63) is 42.1 Å². The first-order chi connectivity index (χ1) is 8.76. The summed E-state index contributed by atoms with van der Waals surface area (Å²) in [5.74, 6) is -0.239. The summed E-state index contributed by atoms with van der Waals surface area (Å²) in [6.07, 6.45) is 1.75. The number of aromatic nitrogens is 1. The second kappa shape index (κ2) is 4.07. The van der Waals surface area contributed by atoms with E-state index in [9.17, 15) is 4.79 Å². The molecule has 0 aliphatic carbocycles. The summed E-state index contributed by atoms with van der Waals surface area (Å²) in [4.78, 5) is 16.2. The number of fused-ring (bicyclic) bond motifs is 1. The summed E-state index contributed by atoms with van der Waals surface area (Å²) >= 11 is 0. The Bertz CT molecular complexity index is 605. The fourth-order valence-electron chi connectivity index (χ4n) is 2.28. The summed E-state index contributed by atoms with van der Waals surface area (Å²) in [5.41, 5.74) is 1.21. The van der Waals surface area contributed by atoms with Crippen molar-refractivity contribution in [2.75, 3.05) is 20.3 Å². The number of carbonyl (C=O) groups is 1. The Morgan fingerprint density at radius 1 is 1.39 bits per heavy atom. The second-order valence-electron chi connectivity index (χ2n) is 4.48. The van der Waals surface area contributed by atoms with Gasteiger partial charge in [0.1, 0.15) is 5.41 Å². The largest absolute Gasteiger partial charge is 0.468 e. The van der Waals surface area contributed by atoms with Crippen molar-refractivity contribution in [1.82, 2.24) is 4.98 Å². The molecular weight excluding hydrogens is 230 g/mol. The molecule has 2 heterocycles. The van der Waals surface area contributed by atoms with Crippen molar-refractivity contribution < 1.29 is 14.3 Å². The highest BCUT2D eigenvalue weighted by molar-refractivity contribution is 5.87. The smallest absolute Gasteiger partial charge is 0.321 e. The van der Waals surface area contributed by atoms with E-state index in [4.69, 9.17) is 9.47 Å². The van der Waals surface area contributed by atoms with Gasteiger partial charge in [-0.15, -0.1) is 0 Å². The predicted octanol–water partition coefficient (Wildman–Crippen LogP) is 1.68. The van der Waals surface area contributed by atoms with Crippen LogP contribution in [0.5, 0.6) is 0 Å². The average molecular weight is 243 g/mol.